The maximum Gasteiger partial charge on any atom is 0.240 e. The van der Waals surface area contributed by atoms with Crippen LogP contribution in [0.1, 0.15) is 4.88 Å². The van der Waals surface area contributed by atoms with Crippen LogP contribution in [0.5, 0.6) is 0 Å². The van der Waals surface area contributed by atoms with E-state index in [4.69, 9.17) is 17.4 Å². The van der Waals surface area contributed by atoms with E-state index in [1.165, 1.54) is 23.5 Å². The van der Waals surface area contributed by atoms with Gasteiger partial charge in [-0.15, -0.1) is 11.3 Å². The van der Waals surface area contributed by atoms with E-state index in [1.54, 1.807) is 6.07 Å². The van der Waals surface area contributed by atoms with Crippen molar-refractivity contribution in [3.05, 3.63) is 40.0 Å². The fourth-order valence-electron chi connectivity index (χ4n) is 1.91. The molecule has 1 aromatic carbocycles. The molecule has 21 heavy (non-hydrogen) atoms. The maximum absolute atomic E-state index is 13.5. The summed E-state index contributed by atoms with van der Waals surface area (Å²) in [5.74, 6) is 5.73. The van der Waals surface area contributed by atoms with Gasteiger partial charge in [0.15, 0.2) is 0 Å². The van der Waals surface area contributed by atoms with Gasteiger partial charge in [-0.25, -0.2) is 15.2 Å². The van der Waals surface area contributed by atoms with Gasteiger partial charge >= 0.3 is 0 Å². The summed E-state index contributed by atoms with van der Waals surface area (Å²) in [7, 11) is 0. The number of hydrogen-bond donors (Lipinski definition) is 3. The van der Waals surface area contributed by atoms with Gasteiger partial charge in [0.1, 0.15) is 16.5 Å². The normalized spacial score (nSPS) is 10.9. The lowest BCUT2D eigenvalue weighted by Gasteiger charge is -2.09. The topological polar surface area (TPSA) is 75.9 Å². The summed E-state index contributed by atoms with van der Waals surface area (Å²) in [6.45, 7) is 1.98. The number of nitrogens with one attached hydrogen (secondary N) is 2. The molecule has 5 nitrogen and oxygen atoms in total. The molecule has 0 fully saturated rings. The molecule has 0 aliphatic rings. The van der Waals surface area contributed by atoms with Crippen molar-refractivity contribution in [2.24, 2.45) is 5.84 Å². The number of aryl methyl sites for hydroxylation is 1. The summed E-state index contributed by atoms with van der Waals surface area (Å²) >= 11 is 7.21. The highest BCUT2D eigenvalue weighted by Crippen LogP contribution is 2.31. The molecule has 4 N–H and O–H groups in total. The number of nitrogen functional groups attached to an aromatic ring is 1. The Morgan fingerprint density at radius 1 is 1.29 bits per heavy atom. The number of benzene rings is 1. The van der Waals surface area contributed by atoms with Crippen molar-refractivity contribution < 1.29 is 4.39 Å². The van der Waals surface area contributed by atoms with E-state index >= 15 is 0 Å². The predicted molar refractivity (Wildman–Crippen MR) is 84.7 cm³/mol. The third-order valence-corrected chi connectivity index (χ3v) is 4.08. The van der Waals surface area contributed by atoms with Crippen LogP contribution in [-0.4, -0.2) is 9.97 Å². The molecule has 0 unspecified atom stereocenters. The fraction of sp³-hybridized carbons (Fsp3) is 0.0769. The van der Waals surface area contributed by atoms with E-state index in [-0.39, 0.29) is 5.02 Å². The molecule has 2 aromatic heterocycles. The van der Waals surface area contributed by atoms with Crippen molar-refractivity contribution in [2.45, 2.75) is 6.92 Å². The molecular weight excluding hydrogens is 313 g/mol. The second kappa shape index (κ2) is 5.44. The molecule has 0 radical (unpaired) electrons. The lowest BCUT2D eigenvalue weighted by molar-refractivity contribution is 0.629. The largest absolute Gasteiger partial charge is 0.339 e. The Bertz CT molecular complexity index is 820. The van der Waals surface area contributed by atoms with Crippen LogP contribution in [0, 0.1) is 12.7 Å². The minimum atomic E-state index is -0.495. The molecule has 0 aliphatic heterocycles. The van der Waals surface area contributed by atoms with E-state index in [0.717, 1.165) is 15.1 Å². The Balaban J connectivity index is 2.07. The number of thiophene rings is 1. The highest BCUT2D eigenvalue weighted by molar-refractivity contribution is 7.18. The first-order valence-corrected chi connectivity index (χ1v) is 7.23. The first kappa shape index (κ1) is 14.0. The molecule has 0 spiro atoms. The molecule has 0 bridgehead atoms. The van der Waals surface area contributed by atoms with Crippen LogP contribution in [0.2, 0.25) is 5.02 Å². The van der Waals surface area contributed by atoms with Crippen molar-refractivity contribution in [1.29, 1.82) is 0 Å². The molecule has 3 rings (SSSR count). The second-order valence-electron chi connectivity index (χ2n) is 4.37. The van der Waals surface area contributed by atoms with Crippen LogP contribution < -0.4 is 16.6 Å². The van der Waals surface area contributed by atoms with Crippen molar-refractivity contribution in [2.75, 3.05) is 10.7 Å². The van der Waals surface area contributed by atoms with Gasteiger partial charge in [0.05, 0.1) is 10.4 Å². The lowest BCUT2D eigenvalue weighted by atomic mass is 10.3. The van der Waals surface area contributed by atoms with E-state index in [0.29, 0.717) is 17.5 Å². The van der Waals surface area contributed by atoms with Gasteiger partial charge in [-0.05, 0) is 31.2 Å². The molecule has 0 amide bonds. The number of rotatable bonds is 3. The number of aromatic nitrogens is 2. The van der Waals surface area contributed by atoms with Gasteiger partial charge in [-0.1, -0.05) is 11.6 Å². The van der Waals surface area contributed by atoms with Crippen LogP contribution in [0.25, 0.3) is 10.2 Å². The first-order chi connectivity index (χ1) is 10.1. The highest BCUT2D eigenvalue weighted by Gasteiger charge is 2.11. The van der Waals surface area contributed by atoms with Crippen LogP contribution in [-0.2, 0) is 0 Å². The van der Waals surface area contributed by atoms with Crippen LogP contribution in [0.4, 0.5) is 21.8 Å². The number of hydrogen-bond acceptors (Lipinski definition) is 6. The third kappa shape index (κ3) is 2.76. The number of nitrogens with zero attached hydrogens (tertiary/aromatic N) is 2. The molecule has 8 heteroatoms. The number of anilines is 3. The second-order valence-corrected chi connectivity index (χ2v) is 6.01. The molecule has 2 heterocycles. The average Bonchev–Trinajstić information content (AvgIpc) is 2.83. The summed E-state index contributed by atoms with van der Waals surface area (Å²) in [6, 6.07) is 6.44. The summed E-state index contributed by atoms with van der Waals surface area (Å²) in [5, 5.41) is 3.99. The minimum Gasteiger partial charge on any atom is -0.339 e. The summed E-state index contributed by atoms with van der Waals surface area (Å²) < 4.78 is 13.5. The van der Waals surface area contributed by atoms with Gasteiger partial charge in [-0.2, -0.15) is 4.98 Å². The van der Waals surface area contributed by atoms with Gasteiger partial charge in [0.2, 0.25) is 5.95 Å². The molecule has 0 saturated heterocycles. The zero-order valence-corrected chi connectivity index (χ0v) is 12.5. The fourth-order valence-corrected chi connectivity index (χ4v) is 2.91. The SMILES string of the molecule is Cc1cc2c(Nc3ccc(Cl)c(F)c3)nc(NN)nc2s1. The molecular formula is C13H11ClFN5S. The Morgan fingerprint density at radius 3 is 2.81 bits per heavy atom. The lowest BCUT2D eigenvalue weighted by Crippen LogP contribution is -2.11. The molecule has 0 aliphatic carbocycles. The molecule has 3 aromatic rings. The maximum atomic E-state index is 13.5. The Hall–Kier alpha value is -1.96. The summed E-state index contributed by atoms with van der Waals surface area (Å²) in [4.78, 5) is 10.5. The van der Waals surface area contributed by atoms with Gasteiger partial charge in [0, 0.05) is 10.6 Å². The van der Waals surface area contributed by atoms with Crippen LogP contribution in [0.15, 0.2) is 24.3 Å². The standard InChI is InChI=1S/C13H11ClFN5S/c1-6-4-8-11(18-13(20-16)19-12(8)21-6)17-7-2-3-9(14)10(15)5-7/h2-5H,16H2,1H3,(H2,17,18,19,20). The molecule has 108 valence electrons. The molecule has 0 saturated carbocycles. The van der Waals surface area contributed by atoms with E-state index in [1.807, 2.05) is 13.0 Å². The zero-order valence-electron chi connectivity index (χ0n) is 10.9. The van der Waals surface area contributed by atoms with Crippen LogP contribution >= 0.6 is 22.9 Å². The van der Waals surface area contributed by atoms with Crippen molar-refractivity contribution >= 4 is 50.6 Å². The van der Waals surface area contributed by atoms with Crippen molar-refractivity contribution in [3.63, 3.8) is 0 Å². The van der Waals surface area contributed by atoms with Gasteiger partial charge in [0.25, 0.3) is 0 Å². The monoisotopic (exact) mass is 323 g/mol. The van der Waals surface area contributed by atoms with Gasteiger partial charge < -0.3 is 5.32 Å². The number of nitrogens with two attached hydrogens (primary N) is 1. The quantitative estimate of drug-likeness (QED) is 0.504. The smallest absolute Gasteiger partial charge is 0.240 e. The summed E-state index contributed by atoms with van der Waals surface area (Å²) in [6.07, 6.45) is 0. The average molecular weight is 324 g/mol. The number of hydrazine groups is 1. The number of halogens is 2. The zero-order chi connectivity index (χ0) is 15.0. The van der Waals surface area contributed by atoms with Crippen molar-refractivity contribution in [3.8, 4) is 0 Å². The Labute approximate surface area is 128 Å². The summed E-state index contributed by atoms with van der Waals surface area (Å²) in [5.41, 5.74) is 2.97. The number of fused-ring (bicyclic) bond motifs is 1. The van der Waals surface area contributed by atoms with E-state index in [9.17, 15) is 4.39 Å². The van der Waals surface area contributed by atoms with E-state index < -0.39 is 5.82 Å². The first-order valence-electron chi connectivity index (χ1n) is 6.03. The van der Waals surface area contributed by atoms with Crippen LogP contribution in [0.3, 0.4) is 0 Å². The van der Waals surface area contributed by atoms with Gasteiger partial charge in [-0.3, -0.25) is 5.43 Å². The predicted octanol–water partition coefficient (Wildman–Crippen LogP) is 3.82. The highest BCUT2D eigenvalue weighted by atomic mass is 35.5. The van der Waals surface area contributed by atoms with E-state index in [2.05, 4.69) is 20.7 Å². The Morgan fingerprint density at radius 2 is 2.10 bits per heavy atom. The molecule has 0 atom stereocenters. The Kier molecular flexibility index (Phi) is 3.62. The van der Waals surface area contributed by atoms with Crippen molar-refractivity contribution in [1.82, 2.24) is 9.97 Å². The third-order valence-electron chi connectivity index (χ3n) is 2.83. The minimum absolute atomic E-state index is 0.0732.